The molecule has 3 unspecified atom stereocenters. The molecule has 88 valence electrons. The fraction of sp³-hybridized carbons (Fsp3) is 1.00. The summed E-state index contributed by atoms with van der Waals surface area (Å²) < 4.78 is 0. The molecule has 2 aliphatic rings. The fourth-order valence-corrected chi connectivity index (χ4v) is 2.80. The van der Waals surface area contributed by atoms with Crippen LogP contribution in [0.25, 0.3) is 0 Å². The summed E-state index contributed by atoms with van der Waals surface area (Å²) in [4.78, 5) is 2.74. The van der Waals surface area contributed by atoms with Crippen LogP contribution in [0.15, 0.2) is 0 Å². The molecular weight excluding hydrogens is 184 g/mol. The van der Waals surface area contributed by atoms with Gasteiger partial charge in [0.05, 0.1) is 0 Å². The van der Waals surface area contributed by atoms with E-state index in [2.05, 4.69) is 44.8 Å². The van der Waals surface area contributed by atoms with E-state index in [4.69, 9.17) is 0 Å². The molecule has 1 heterocycles. The lowest BCUT2D eigenvalue weighted by atomic mass is 9.99. The molecule has 0 radical (unpaired) electrons. The number of piperazine rings is 1. The highest BCUT2D eigenvalue weighted by Gasteiger charge is 2.51. The van der Waals surface area contributed by atoms with Gasteiger partial charge in [-0.15, -0.1) is 0 Å². The van der Waals surface area contributed by atoms with E-state index >= 15 is 0 Å². The number of nitrogens with one attached hydrogen (secondary N) is 1. The maximum Gasteiger partial charge on any atom is 0.0218 e. The van der Waals surface area contributed by atoms with Crippen molar-refractivity contribution in [3.05, 3.63) is 0 Å². The molecule has 0 amide bonds. The number of hydrogen-bond acceptors (Lipinski definition) is 2. The van der Waals surface area contributed by atoms with Crippen molar-refractivity contribution in [2.75, 3.05) is 13.1 Å². The van der Waals surface area contributed by atoms with Crippen LogP contribution >= 0.6 is 0 Å². The first kappa shape index (κ1) is 11.4. The zero-order valence-electron chi connectivity index (χ0n) is 10.9. The Morgan fingerprint density at radius 2 is 1.93 bits per heavy atom. The van der Waals surface area contributed by atoms with E-state index in [0.29, 0.717) is 17.5 Å². The molecule has 2 fully saturated rings. The van der Waals surface area contributed by atoms with Crippen molar-refractivity contribution in [2.24, 2.45) is 11.3 Å². The molecule has 0 bridgehead atoms. The minimum absolute atomic E-state index is 0.577. The van der Waals surface area contributed by atoms with E-state index in [9.17, 15) is 0 Å². The van der Waals surface area contributed by atoms with Crippen LogP contribution in [-0.4, -0.2) is 36.1 Å². The second-order valence-electron chi connectivity index (χ2n) is 6.51. The van der Waals surface area contributed by atoms with Crippen LogP contribution in [0.1, 0.15) is 41.0 Å². The highest BCUT2D eigenvalue weighted by molar-refractivity contribution is 5.06. The van der Waals surface area contributed by atoms with Gasteiger partial charge < -0.3 is 5.32 Å². The highest BCUT2D eigenvalue weighted by atomic mass is 15.3. The zero-order valence-corrected chi connectivity index (χ0v) is 10.9. The molecule has 0 spiro atoms. The van der Waals surface area contributed by atoms with Crippen molar-refractivity contribution in [2.45, 2.75) is 59.2 Å². The maximum atomic E-state index is 3.67. The zero-order chi connectivity index (χ0) is 11.2. The molecule has 1 N–H and O–H groups in total. The maximum absolute atomic E-state index is 3.67. The number of nitrogens with zero attached hydrogens (tertiary/aromatic N) is 1. The van der Waals surface area contributed by atoms with Crippen molar-refractivity contribution < 1.29 is 0 Å². The van der Waals surface area contributed by atoms with Crippen molar-refractivity contribution in [1.82, 2.24) is 10.2 Å². The predicted octanol–water partition coefficient (Wildman–Crippen LogP) is 2.10. The highest BCUT2D eigenvalue weighted by Crippen LogP contribution is 2.49. The van der Waals surface area contributed by atoms with Gasteiger partial charge in [0.15, 0.2) is 0 Å². The SMILES string of the molecule is CC(C)C1CN(C2CC2(C)C)C(C)CN1. The molecule has 1 saturated heterocycles. The van der Waals surface area contributed by atoms with E-state index in [1.54, 1.807) is 0 Å². The van der Waals surface area contributed by atoms with Crippen LogP contribution in [0.2, 0.25) is 0 Å². The van der Waals surface area contributed by atoms with Crippen molar-refractivity contribution >= 4 is 0 Å². The second kappa shape index (κ2) is 3.74. The van der Waals surface area contributed by atoms with E-state index in [1.807, 2.05) is 0 Å². The van der Waals surface area contributed by atoms with Crippen molar-refractivity contribution in [3.63, 3.8) is 0 Å². The van der Waals surface area contributed by atoms with Crippen LogP contribution in [0.4, 0.5) is 0 Å². The molecule has 2 nitrogen and oxygen atoms in total. The molecule has 2 heteroatoms. The van der Waals surface area contributed by atoms with Crippen LogP contribution in [0.3, 0.4) is 0 Å². The van der Waals surface area contributed by atoms with Crippen LogP contribution in [-0.2, 0) is 0 Å². The van der Waals surface area contributed by atoms with Gasteiger partial charge in [0, 0.05) is 31.2 Å². The summed E-state index contributed by atoms with van der Waals surface area (Å²) >= 11 is 0. The van der Waals surface area contributed by atoms with Gasteiger partial charge in [0.25, 0.3) is 0 Å². The second-order valence-corrected chi connectivity index (χ2v) is 6.51. The Bertz CT molecular complexity index is 235. The van der Waals surface area contributed by atoms with E-state index in [0.717, 1.165) is 18.5 Å². The van der Waals surface area contributed by atoms with Gasteiger partial charge in [-0.2, -0.15) is 0 Å². The first-order chi connectivity index (χ1) is 6.92. The Kier molecular flexibility index (Phi) is 2.85. The predicted molar refractivity (Wildman–Crippen MR) is 65.0 cm³/mol. The largest absolute Gasteiger partial charge is 0.311 e. The third-order valence-electron chi connectivity index (χ3n) is 4.32. The topological polar surface area (TPSA) is 15.3 Å². The molecule has 2 rings (SSSR count). The first-order valence-corrected chi connectivity index (χ1v) is 6.41. The number of hydrogen-bond donors (Lipinski definition) is 1. The summed E-state index contributed by atoms with van der Waals surface area (Å²) in [6.07, 6.45) is 1.39. The fourth-order valence-electron chi connectivity index (χ4n) is 2.80. The van der Waals surface area contributed by atoms with E-state index in [-0.39, 0.29) is 0 Å². The lowest BCUT2D eigenvalue weighted by molar-refractivity contribution is 0.103. The number of rotatable bonds is 2. The Labute approximate surface area is 94.4 Å². The average Bonchev–Trinajstić information content (AvgIpc) is 2.75. The average molecular weight is 210 g/mol. The summed E-state index contributed by atoms with van der Waals surface area (Å²) in [6.45, 7) is 14.2. The van der Waals surface area contributed by atoms with Crippen LogP contribution in [0, 0.1) is 11.3 Å². The molecule has 15 heavy (non-hydrogen) atoms. The molecule has 1 aliphatic heterocycles. The van der Waals surface area contributed by atoms with Crippen molar-refractivity contribution in [1.29, 1.82) is 0 Å². The van der Waals surface area contributed by atoms with Gasteiger partial charge in [-0.05, 0) is 24.7 Å². The third kappa shape index (κ3) is 2.21. The van der Waals surface area contributed by atoms with Crippen LogP contribution in [0.5, 0.6) is 0 Å². The Morgan fingerprint density at radius 1 is 1.33 bits per heavy atom. The summed E-state index contributed by atoms with van der Waals surface area (Å²) in [7, 11) is 0. The molecule has 3 atom stereocenters. The minimum atomic E-state index is 0.577. The van der Waals surface area contributed by atoms with Gasteiger partial charge >= 0.3 is 0 Å². The molecular formula is C13H26N2. The van der Waals surface area contributed by atoms with E-state index in [1.165, 1.54) is 13.0 Å². The normalized spacial score (nSPS) is 40.8. The Hall–Kier alpha value is -0.0800. The monoisotopic (exact) mass is 210 g/mol. The summed E-state index contributed by atoms with van der Waals surface area (Å²) in [6, 6.07) is 2.25. The first-order valence-electron chi connectivity index (χ1n) is 6.41. The third-order valence-corrected chi connectivity index (χ3v) is 4.32. The van der Waals surface area contributed by atoms with Gasteiger partial charge in [0.1, 0.15) is 0 Å². The van der Waals surface area contributed by atoms with E-state index < -0.39 is 0 Å². The minimum Gasteiger partial charge on any atom is -0.311 e. The van der Waals surface area contributed by atoms with Crippen molar-refractivity contribution in [3.8, 4) is 0 Å². The summed E-state index contributed by atoms with van der Waals surface area (Å²) in [5, 5.41) is 3.67. The standard InChI is InChI=1S/C13H26N2/c1-9(2)11-8-15(10(3)7-14-11)12-6-13(12,4)5/h9-12,14H,6-8H2,1-5H3. The Balaban J connectivity index is 1.98. The molecule has 0 aromatic rings. The van der Waals surface area contributed by atoms with Gasteiger partial charge in [0.2, 0.25) is 0 Å². The molecule has 1 saturated carbocycles. The van der Waals surface area contributed by atoms with Crippen LogP contribution < -0.4 is 5.32 Å². The van der Waals surface area contributed by atoms with Gasteiger partial charge in [-0.25, -0.2) is 0 Å². The summed E-state index contributed by atoms with van der Waals surface area (Å²) in [5.41, 5.74) is 0.577. The quantitative estimate of drug-likeness (QED) is 0.751. The van der Waals surface area contributed by atoms with Gasteiger partial charge in [-0.1, -0.05) is 27.7 Å². The Morgan fingerprint density at radius 3 is 2.40 bits per heavy atom. The molecule has 0 aromatic carbocycles. The van der Waals surface area contributed by atoms with Gasteiger partial charge in [-0.3, -0.25) is 4.90 Å². The smallest absolute Gasteiger partial charge is 0.0218 e. The molecule has 1 aliphatic carbocycles. The lowest BCUT2D eigenvalue weighted by Gasteiger charge is -2.41. The summed E-state index contributed by atoms with van der Waals surface area (Å²) in [5.74, 6) is 0.752. The lowest BCUT2D eigenvalue weighted by Crippen LogP contribution is -2.58. The molecule has 0 aromatic heterocycles.